The second-order valence-corrected chi connectivity index (χ2v) is 3.84. The van der Waals surface area contributed by atoms with E-state index in [0.717, 1.165) is 22.7 Å². The van der Waals surface area contributed by atoms with Crippen LogP contribution in [0.5, 0.6) is 11.5 Å². The van der Waals surface area contributed by atoms with Crippen molar-refractivity contribution in [1.82, 2.24) is 0 Å². The molecule has 0 heterocycles. The van der Waals surface area contributed by atoms with E-state index < -0.39 is 4.92 Å². The van der Waals surface area contributed by atoms with Crippen molar-refractivity contribution in [3.05, 3.63) is 52.2 Å². The Bertz CT molecular complexity index is 649. The van der Waals surface area contributed by atoms with Crippen molar-refractivity contribution in [2.75, 3.05) is 14.2 Å². The summed E-state index contributed by atoms with van der Waals surface area (Å²) in [6, 6.07) is 9.20. The van der Waals surface area contributed by atoms with Crippen LogP contribution in [0.15, 0.2) is 36.5 Å². The highest BCUT2D eigenvalue weighted by Gasteiger charge is 2.09. The van der Waals surface area contributed by atoms with Gasteiger partial charge in [-0.05, 0) is 23.6 Å². The molecule has 0 N–H and O–H groups in total. The highest BCUT2D eigenvalue weighted by Crippen LogP contribution is 2.34. The Labute approximate surface area is 110 Å². The lowest BCUT2D eigenvalue weighted by molar-refractivity contribution is -0.400. The zero-order valence-corrected chi connectivity index (χ0v) is 10.6. The number of ether oxygens (including phenoxy) is 2. The second-order valence-electron chi connectivity index (χ2n) is 3.84. The van der Waals surface area contributed by atoms with E-state index in [-0.39, 0.29) is 0 Å². The standard InChI is InChI=1S/C14H13NO4/c1-18-13-5-3-4-10-11(13)6-7-14(19-2)12(10)8-9-15(16)17/h3-9H,1-2H3/b9-8+. The van der Waals surface area contributed by atoms with Gasteiger partial charge in [0.1, 0.15) is 11.5 Å². The summed E-state index contributed by atoms with van der Waals surface area (Å²) in [7, 11) is 3.12. The molecule has 0 aromatic heterocycles. The minimum absolute atomic E-state index is 0.502. The van der Waals surface area contributed by atoms with E-state index in [2.05, 4.69) is 0 Å². The molecule has 0 aliphatic carbocycles. The van der Waals surface area contributed by atoms with Crippen LogP contribution in [0.25, 0.3) is 16.8 Å². The fourth-order valence-corrected chi connectivity index (χ4v) is 2.00. The second kappa shape index (κ2) is 5.39. The average Bonchev–Trinajstić information content (AvgIpc) is 2.43. The first-order valence-electron chi connectivity index (χ1n) is 5.62. The van der Waals surface area contributed by atoms with Gasteiger partial charge in [-0.15, -0.1) is 0 Å². The largest absolute Gasteiger partial charge is 0.496 e. The summed E-state index contributed by atoms with van der Waals surface area (Å²) in [5, 5.41) is 12.2. The topological polar surface area (TPSA) is 61.6 Å². The molecule has 0 radical (unpaired) electrons. The van der Waals surface area contributed by atoms with Gasteiger partial charge in [-0.25, -0.2) is 0 Å². The van der Waals surface area contributed by atoms with E-state index in [1.54, 1.807) is 13.2 Å². The normalized spacial score (nSPS) is 10.8. The Balaban J connectivity index is 2.73. The molecule has 0 unspecified atom stereocenters. The van der Waals surface area contributed by atoms with Crippen LogP contribution in [0, 0.1) is 10.1 Å². The number of rotatable bonds is 4. The Hall–Kier alpha value is -2.56. The van der Waals surface area contributed by atoms with Gasteiger partial charge >= 0.3 is 0 Å². The molecule has 0 amide bonds. The van der Waals surface area contributed by atoms with Crippen LogP contribution in [-0.2, 0) is 0 Å². The Morgan fingerprint density at radius 3 is 2.42 bits per heavy atom. The van der Waals surface area contributed by atoms with Crippen molar-refractivity contribution < 1.29 is 14.4 Å². The summed E-state index contributed by atoms with van der Waals surface area (Å²) in [5.74, 6) is 1.30. The zero-order chi connectivity index (χ0) is 13.8. The molecule has 2 rings (SSSR count). The maximum atomic E-state index is 10.5. The molecule has 5 heteroatoms. The highest BCUT2D eigenvalue weighted by molar-refractivity contribution is 5.96. The summed E-state index contributed by atoms with van der Waals surface area (Å²) >= 11 is 0. The monoisotopic (exact) mass is 259 g/mol. The van der Waals surface area contributed by atoms with Crippen LogP contribution in [-0.4, -0.2) is 19.1 Å². The van der Waals surface area contributed by atoms with E-state index in [1.807, 2.05) is 24.3 Å². The average molecular weight is 259 g/mol. The van der Waals surface area contributed by atoms with Gasteiger partial charge in [0.05, 0.1) is 19.1 Å². The molecule has 0 atom stereocenters. The van der Waals surface area contributed by atoms with E-state index in [1.165, 1.54) is 13.2 Å². The first-order chi connectivity index (χ1) is 9.17. The SMILES string of the molecule is COc1ccc2c(OC)cccc2c1/C=C/[N+](=O)[O-]. The van der Waals surface area contributed by atoms with Crippen molar-refractivity contribution in [1.29, 1.82) is 0 Å². The lowest BCUT2D eigenvalue weighted by atomic mass is 10.0. The molecule has 0 saturated carbocycles. The van der Waals surface area contributed by atoms with Gasteiger partial charge in [-0.2, -0.15) is 0 Å². The molecule has 0 fully saturated rings. The maximum Gasteiger partial charge on any atom is 0.235 e. The summed E-state index contributed by atoms with van der Waals surface area (Å²) < 4.78 is 10.5. The van der Waals surface area contributed by atoms with E-state index in [9.17, 15) is 10.1 Å². The van der Waals surface area contributed by atoms with Gasteiger partial charge in [0.2, 0.25) is 6.20 Å². The van der Waals surface area contributed by atoms with Crippen LogP contribution in [0.1, 0.15) is 5.56 Å². The molecule has 0 saturated heterocycles. The predicted molar refractivity (Wildman–Crippen MR) is 73.1 cm³/mol. The lowest BCUT2D eigenvalue weighted by Crippen LogP contribution is -1.92. The van der Waals surface area contributed by atoms with Crippen LogP contribution in [0.4, 0.5) is 0 Å². The van der Waals surface area contributed by atoms with E-state index >= 15 is 0 Å². The van der Waals surface area contributed by atoms with E-state index in [0.29, 0.717) is 11.3 Å². The molecule has 19 heavy (non-hydrogen) atoms. The molecule has 0 bridgehead atoms. The van der Waals surface area contributed by atoms with Crippen molar-refractivity contribution in [3.63, 3.8) is 0 Å². The molecule has 98 valence electrons. The van der Waals surface area contributed by atoms with Gasteiger partial charge in [-0.3, -0.25) is 10.1 Å². The number of fused-ring (bicyclic) bond motifs is 1. The van der Waals surface area contributed by atoms with E-state index in [4.69, 9.17) is 9.47 Å². The summed E-state index contributed by atoms with van der Waals surface area (Å²) in [5.41, 5.74) is 0.663. The maximum absolute atomic E-state index is 10.5. The van der Waals surface area contributed by atoms with Crippen LogP contribution < -0.4 is 9.47 Å². The summed E-state index contributed by atoms with van der Waals surface area (Å²) in [6.07, 6.45) is 2.33. The Morgan fingerprint density at radius 1 is 1.05 bits per heavy atom. The van der Waals surface area contributed by atoms with Crippen LogP contribution in [0.3, 0.4) is 0 Å². The number of nitrogens with zero attached hydrogens (tertiary/aromatic N) is 1. The molecule has 0 aliphatic heterocycles. The lowest BCUT2D eigenvalue weighted by Gasteiger charge is -2.10. The summed E-state index contributed by atoms with van der Waals surface area (Å²) in [6.45, 7) is 0. The number of nitro groups is 1. The molecule has 2 aromatic carbocycles. The third-order valence-corrected chi connectivity index (χ3v) is 2.83. The molecule has 2 aromatic rings. The van der Waals surface area contributed by atoms with Crippen LogP contribution in [0.2, 0.25) is 0 Å². The minimum atomic E-state index is -0.502. The summed E-state index contributed by atoms with van der Waals surface area (Å²) in [4.78, 5) is 9.98. The highest BCUT2D eigenvalue weighted by atomic mass is 16.6. The van der Waals surface area contributed by atoms with Gasteiger partial charge in [0.15, 0.2) is 0 Å². The van der Waals surface area contributed by atoms with Gasteiger partial charge in [0.25, 0.3) is 0 Å². The van der Waals surface area contributed by atoms with Crippen molar-refractivity contribution in [3.8, 4) is 11.5 Å². The number of hydrogen-bond donors (Lipinski definition) is 0. The molecule has 5 nitrogen and oxygen atoms in total. The third kappa shape index (κ3) is 2.49. The zero-order valence-electron chi connectivity index (χ0n) is 10.6. The van der Waals surface area contributed by atoms with Crippen molar-refractivity contribution >= 4 is 16.8 Å². The van der Waals surface area contributed by atoms with Gasteiger partial charge < -0.3 is 9.47 Å². The number of methoxy groups -OCH3 is 2. The number of benzene rings is 2. The fraction of sp³-hybridized carbons (Fsp3) is 0.143. The third-order valence-electron chi connectivity index (χ3n) is 2.83. The molecule has 0 aliphatic rings. The minimum Gasteiger partial charge on any atom is -0.496 e. The van der Waals surface area contributed by atoms with Crippen molar-refractivity contribution in [2.24, 2.45) is 0 Å². The van der Waals surface area contributed by atoms with Crippen LogP contribution >= 0.6 is 0 Å². The van der Waals surface area contributed by atoms with Crippen molar-refractivity contribution in [2.45, 2.75) is 0 Å². The fourth-order valence-electron chi connectivity index (χ4n) is 2.00. The first-order valence-corrected chi connectivity index (χ1v) is 5.62. The number of hydrogen-bond acceptors (Lipinski definition) is 4. The Morgan fingerprint density at radius 2 is 1.79 bits per heavy atom. The van der Waals surface area contributed by atoms with Gasteiger partial charge in [0, 0.05) is 17.0 Å². The quantitative estimate of drug-likeness (QED) is 0.625. The van der Waals surface area contributed by atoms with Gasteiger partial charge in [-0.1, -0.05) is 12.1 Å². The smallest absolute Gasteiger partial charge is 0.235 e. The first kappa shape index (κ1) is 12.9. The molecular formula is C14H13NO4. The Kier molecular flexibility index (Phi) is 3.66. The predicted octanol–water partition coefficient (Wildman–Crippen LogP) is 3.10. The molecular weight excluding hydrogens is 246 g/mol. The molecule has 0 spiro atoms.